The molecule has 1 amide bonds. The molecule has 9 unspecified atom stereocenters. The highest BCUT2D eigenvalue weighted by Gasteiger charge is 2.78. The molecule has 1 heterocycles. The number of ether oxygens (including phenoxy) is 6. The van der Waals surface area contributed by atoms with Crippen LogP contribution >= 0.6 is 0 Å². The standard InChI is InChI=1S/C42H55NO15/c1-20(2)18-53-38(51)43-30(24-14-15-24)31(47)37(50)56-26-17-42(52)35(57-36(49)25-12-10-9-11-13-25)33-40(8,27(46)16-28-41(33,19-54-28)58-23(5)45)34(48)32(55-22(4)44)29(21(26)3)39(42,6)7/h9-13,20-21,24,26-28,30-31,33,35,46-47,52H,14-19H2,1-8H3,(H,43,51)/t21?,26?,27?,28?,30?,31?,33?,35?,40-,41+,42?/m1/s1. The number of rotatable bonds is 11. The molecule has 4 aliphatic carbocycles. The fraction of sp³-hybridized carbons (Fsp3) is 0.667. The molecule has 3 saturated carbocycles. The summed E-state index contributed by atoms with van der Waals surface area (Å²) in [7, 11) is 0. The van der Waals surface area contributed by atoms with Gasteiger partial charge in [0.1, 0.15) is 23.9 Å². The lowest BCUT2D eigenvalue weighted by atomic mass is 9.45. The van der Waals surface area contributed by atoms with Gasteiger partial charge in [0.15, 0.2) is 17.5 Å². The van der Waals surface area contributed by atoms with E-state index in [-0.39, 0.29) is 42.6 Å². The van der Waals surface area contributed by atoms with Gasteiger partial charge in [0, 0.05) is 38.0 Å². The van der Waals surface area contributed by atoms with E-state index in [1.165, 1.54) is 19.1 Å². The summed E-state index contributed by atoms with van der Waals surface area (Å²) >= 11 is 0. The number of fused-ring (bicyclic) bond motifs is 5. The van der Waals surface area contributed by atoms with Crippen molar-refractivity contribution in [3.63, 3.8) is 0 Å². The number of carbonyl (C=O) groups excluding carboxylic acids is 6. The van der Waals surface area contributed by atoms with Crippen LogP contribution in [0.4, 0.5) is 4.79 Å². The van der Waals surface area contributed by atoms with Gasteiger partial charge in [-0.1, -0.05) is 52.8 Å². The Morgan fingerprint density at radius 2 is 1.66 bits per heavy atom. The number of nitrogens with one attached hydrogen (secondary N) is 1. The Labute approximate surface area is 336 Å². The van der Waals surface area contributed by atoms with Gasteiger partial charge in [0.25, 0.3) is 0 Å². The molecular formula is C42H55NO15. The van der Waals surface area contributed by atoms with Crippen molar-refractivity contribution >= 4 is 35.8 Å². The molecule has 2 bridgehead atoms. The Bertz CT molecular complexity index is 1860. The number of hydrogen-bond donors (Lipinski definition) is 4. The Hall–Kier alpha value is -4.38. The van der Waals surface area contributed by atoms with Crippen molar-refractivity contribution < 1.29 is 72.5 Å². The maximum Gasteiger partial charge on any atom is 0.407 e. The predicted octanol–water partition coefficient (Wildman–Crippen LogP) is 2.93. The van der Waals surface area contributed by atoms with Crippen molar-refractivity contribution in [3.8, 4) is 0 Å². The molecule has 16 heteroatoms. The number of ketones is 1. The van der Waals surface area contributed by atoms with Gasteiger partial charge in [0.05, 0.1) is 42.3 Å². The van der Waals surface area contributed by atoms with E-state index in [1.54, 1.807) is 39.0 Å². The molecule has 0 aromatic heterocycles. The van der Waals surface area contributed by atoms with Crippen LogP contribution < -0.4 is 5.32 Å². The lowest BCUT2D eigenvalue weighted by Crippen LogP contribution is -2.81. The smallest absolute Gasteiger partial charge is 0.407 e. The number of allylic oxidation sites excluding steroid dienone is 1. The second kappa shape index (κ2) is 15.7. The minimum Gasteiger partial charge on any atom is -0.460 e. The number of hydrogen-bond acceptors (Lipinski definition) is 15. The number of amides is 1. The maximum atomic E-state index is 15.4. The lowest BCUT2D eigenvalue weighted by molar-refractivity contribution is -0.345. The van der Waals surface area contributed by atoms with Crippen LogP contribution in [0.3, 0.4) is 0 Å². The summed E-state index contributed by atoms with van der Waals surface area (Å²) in [6.07, 6.45) is -7.91. The molecule has 4 fully saturated rings. The van der Waals surface area contributed by atoms with Gasteiger partial charge < -0.3 is 49.1 Å². The normalized spacial score (nSPS) is 34.7. The number of carbonyl (C=O) groups is 6. The van der Waals surface area contributed by atoms with E-state index in [4.69, 9.17) is 28.4 Å². The van der Waals surface area contributed by atoms with Crippen molar-refractivity contribution in [2.45, 2.75) is 129 Å². The molecule has 6 rings (SSSR count). The summed E-state index contributed by atoms with van der Waals surface area (Å²) in [6.45, 7) is 11.9. The zero-order valence-corrected chi connectivity index (χ0v) is 34.1. The molecule has 4 N–H and O–H groups in total. The molecule has 11 atom stereocenters. The quantitative estimate of drug-likeness (QED) is 0.186. The molecule has 0 radical (unpaired) electrons. The van der Waals surface area contributed by atoms with Crippen LogP contribution in [0.25, 0.3) is 0 Å². The number of alkyl carbamates (subject to hydrolysis) is 1. The van der Waals surface area contributed by atoms with Crippen LogP contribution in [0.5, 0.6) is 0 Å². The summed E-state index contributed by atoms with van der Waals surface area (Å²) in [4.78, 5) is 81.9. The van der Waals surface area contributed by atoms with Crippen molar-refractivity contribution in [2.24, 2.45) is 34.5 Å². The van der Waals surface area contributed by atoms with Gasteiger partial charge in [-0.15, -0.1) is 0 Å². The van der Waals surface area contributed by atoms with E-state index in [0.29, 0.717) is 12.8 Å². The van der Waals surface area contributed by atoms with Gasteiger partial charge in [0.2, 0.25) is 5.78 Å². The SMILES string of the molecule is CC(=O)OC1=C2C(C)C(OC(=O)C(O)C(NC(=O)OCC(C)C)C3CC3)CC(O)(C(OC(=O)c3ccccc3)C3[C@]4(OC(C)=O)COC4CC(O)[C@@]3(C)C1=O)C2(C)C. The Kier molecular flexibility index (Phi) is 11.7. The van der Waals surface area contributed by atoms with Gasteiger partial charge in [-0.25, -0.2) is 14.4 Å². The van der Waals surface area contributed by atoms with E-state index in [9.17, 15) is 39.3 Å². The van der Waals surface area contributed by atoms with Crippen LogP contribution in [0, 0.1) is 34.5 Å². The minimum absolute atomic E-state index is 0.0176. The number of aliphatic hydroxyl groups is 3. The molecule has 58 heavy (non-hydrogen) atoms. The van der Waals surface area contributed by atoms with Crippen molar-refractivity contribution in [2.75, 3.05) is 13.2 Å². The van der Waals surface area contributed by atoms with E-state index in [1.807, 2.05) is 13.8 Å². The average molecular weight is 814 g/mol. The predicted molar refractivity (Wildman–Crippen MR) is 200 cm³/mol. The molecule has 1 saturated heterocycles. The zero-order valence-electron chi connectivity index (χ0n) is 34.1. The van der Waals surface area contributed by atoms with Crippen molar-refractivity contribution in [1.82, 2.24) is 5.32 Å². The molecule has 318 valence electrons. The highest BCUT2D eigenvalue weighted by Crippen LogP contribution is 2.65. The second-order valence-electron chi connectivity index (χ2n) is 17.7. The molecule has 1 aromatic rings. The van der Waals surface area contributed by atoms with Crippen molar-refractivity contribution in [3.05, 3.63) is 47.2 Å². The fourth-order valence-electron chi connectivity index (χ4n) is 9.71. The zero-order chi connectivity index (χ0) is 42.7. The molecule has 16 nitrogen and oxygen atoms in total. The first-order chi connectivity index (χ1) is 27.1. The van der Waals surface area contributed by atoms with Crippen LogP contribution in [-0.4, -0.2) is 112 Å². The first-order valence-electron chi connectivity index (χ1n) is 19.9. The third-order valence-electron chi connectivity index (χ3n) is 13.0. The fourth-order valence-corrected chi connectivity index (χ4v) is 9.71. The largest absolute Gasteiger partial charge is 0.460 e. The Balaban J connectivity index is 1.51. The first kappa shape index (κ1) is 43.2. The van der Waals surface area contributed by atoms with Gasteiger partial charge in [-0.05, 0) is 49.3 Å². The number of Topliss-reactive ketones (excluding diaryl/α,β-unsaturated/α-hetero) is 1. The lowest BCUT2D eigenvalue weighted by Gasteiger charge is -2.67. The number of esters is 4. The highest BCUT2D eigenvalue weighted by molar-refractivity contribution is 6.02. The maximum absolute atomic E-state index is 15.4. The molecule has 1 aliphatic heterocycles. The van der Waals surface area contributed by atoms with E-state index in [0.717, 1.165) is 13.8 Å². The second-order valence-corrected chi connectivity index (χ2v) is 17.7. The number of benzene rings is 1. The molecule has 0 spiro atoms. The summed E-state index contributed by atoms with van der Waals surface area (Å²) in [5.74, 6) is -7.95. The summed E-state index contributed by atoms with van der Waals surface area (Å²) in [5.41, 5.74) is -7.70. The summed E-state index contributed by atoms with van der Waals surface area (Å²) in [5, 5.41) is 39.5. The van der Waals surface area contributed by atoms with Crippen LogP contribution in [-0.2, 0) is 47.6 Å². The molecule has 1 aromatic carbocycles. The summed E-state index contributed by atoms with van der Waals surface area (Å²) in [6, 6.07) is 6.79. The topological polar surface area (TPSA) is 231 Å². The van der Waals surface area contributed by atoms with Gasteiger partial charge >= 0.3 is 30.0 Å². The monoisotopic (exact) mass is 813 g/mol. The highest BCUT2D eigenvalue weighted by atomic mass is 16.6. The van der Waals surface area contributed by atoms with Crippen LogP contribution in [0.1, 0.15) is 91.4 Å². The van der Waals surface area contributed by atoms with Gasteiger partial charge in [-0.2, -0.15) is 0 Å². The Morgan fingerprint density at radius 3 is 2.21 bits per heavy atom. The van der Waals surface area contributed by atoms with E-state index < -0.39 is 118 Å². The third kappa shape index (κ3) is 7.30. The van der Waals surface area contributed by atoms with Crippen LogP contribution in [0.2, 0.25) is 0 Å². The molecular weight excluding hydrogens is 758 g/mol. The van der Waals surface area contributed by atoms with Gasteiger partial charge in [-0.3, -0.25) is 14.4 Å². The summed E-state index contributed by atoms with van der Waals surface area (Å²) < 4.78 is 35.3. The minimum atomic E-state index is -2.35. The number of aliphatic hydroxyl groups excluding tert-OH is 2. The average Bonchev–Trinajstić information content (AvgIpc) is 3.99. The molecule has 5 aliphatic rings. The Morgan fingerprint density at radius 1 is 1.00 bits per heavy atom. The van der Waals surface area contributed by atoms with Crippen molar-refractivity contribution in [1.29, 1.82) is 0 Å². The van der Waals surface area contributed by atoms with E-state index >= 15 is 4.79 Å². The third-order valence-corrected chi connectivity index (χ3v) is 13.0. The first-order valence-corrected chi connectivity index (χ1v) is 19.9. The van der Waals surface area contributed by atoms with E-state index in [2.05, 4.69) is 5.32 Å². The van der Waals surface area contributed by atoms with Crippen LogP contribution in [0.15, 0.2) is 41.7 Å².